The van der Waals surface area contributed by atoms with Crippen LogP contribution in [0.5, 0.6) is 0 Å². The van der Waals surface area contributed by atoms with Gasteiger partial charge in [0.1, 0.15) is 11.2 Å². The topological polar surface area (TPSA) is 21.3 Å². The fourth-order valence-corrected chi connectivity index (χ4v) is 9.34. The van der Waals surface area contributed by atoms with E-state index in [0.29, 0.717) is 0 Å². The van der Waals surface area contributed by atoms with Crippen LogP contribution in [0.25, 0.3) is 93.6 Å². The molecular weight excluding hydrogens is 741 g/mol. The summed E-state index contributed by atoms with van der Waals surface area (Å²) in [5.41, 5.74) is 15.3. The molecule has 286 valence electrons. The minimum absolute atomic E-state index is 0.844. The third-order valence-corrected chi connectivity index (χ3v) is 12.2. The third kappa shape index (κ3) is 5.82. The van der Waals surface area contributed by atoms with E-state index in [1.807, 2.05) is 0 Å². The molecule has 0 bridgehead atoms. The smallest absolute Gasteiger partial charge is 0.143 e. The van der Waals surface area contributed by atoms with Gasteiger partial charge in [0.15, 0.2) is 0 Å². The second-order valence-electron chi connectivity index (χ2n) is 15.7. The van der Waals surface area contributed by atoms with Crippen molar-refractivity contribution in [1.82, 2.24) is 4.57 Å². The van der Waals surface area contributed by atoms with E-state index in [-0.39, 0.29) is 0 Å². The molecular formula is C58H38N2O. The minimum atomic E-state index is 0.844. The van der Waals surface area contributed by atoms with Gasteiger partial charge in [-0.1, -0.05) is 164 Å². The molecule has 0 atom stereocenters. The van der Waals surface area contributed by atoms with Gasteiger partial charge in [-0.2, -0.15) is 0 Å². The van der Waals surface area contributed by atoms with Crippen molar-refractivity contribution >= 4 is 71.6 Å². The standard InChI is InChI=1S/C58H38N2O/c1-4-15-39(16-5-1)41-27-32-46(33-28-41)59(47-34-29-42(30-35-47)40-17-6-2-7-18-40)53-25-14-26-55-57(53)56-48-22-11-10-19-43(48)37-51(58(56)61-55)44-31-36-50-49-23-12-13-24-52(49)60(54(50)38-44)45-20-8-3-9-21-45/h1-38H. The van der Waals surface area contributed by atoms with Crippen molar-refractivity contribution in [3.05, 3.63) is 231 Å². The number of furan rings is 1. The summed E-state index contributed by atoms with van der Waals surface area (Å²) < 4.78 is 9.50. The summed E-state index contributed by atoms with van der Waals surface area (Å²) in [6.07, 6.45) is 0. The number of fused-ring (bicyclic) bond motifs is 8. The van der Waals surface area contributed by atoms with Gasteiger partial charge in [0, 0.05) is 38.8 Å². The number of nitrogens with zero attached hydrogens (tertiary/aromatic N) is 2. The molecule has 0 amide bonds. The normalized spacial score (nSPS) is 11.6. The highest BCUT2D eigenvalue weighted by Crippen LogP contribution is 2.48. The maximum Gasteiger partial charge on any atom is 0.143 e. The molecule has 0 radical (unpaired) electrons. The molecule has 0 aliphatic carbocycles. The second kappa shape index (κ2) is 14.3. The quantitative estimate of drug-likeness (QED) is 0.161. The van der Waals surface area contributed by atoms with Crippen LogP contribution >= 0.6 is 0 Å². The Morgan fingerprint density at radius 1 is 0.361 bits per heavy atom. The zero-order chi connectivity index (χ0) is 40.3. The molecule has 0 saturated carbocycles. The Bertz CT molecular complexity index is 3470. The van der Waals surface area contributed by atoms with Crippen molar-refractivity contribution in [1.29, 1.82) is 0 Å². The van der Waals surface area contributed by atoms with E-state index < -0.39 is 0 Å². The lowest BCUT2D eigenvalue weighted by atomic mass is 9.95. The summed E-state index contributed by atoms with van der Waals surface area (Å²) in [5.74, 6) is 0. The maximum atomic E-state index is 7.11. The van der Waals surface area contributed by atoms with Gasteiger partial charge in [-0.25, -0.2) is 0 Å². The monoisotopic (exact) mass is 778 g/mol. The van der Waals surface area contributed by atoms with Gasteiger partial charge in [0.05, 0.1) is 22.1 Å². The van der Waals surface area contributed by atoms with E-state index in [4.69, 9.17) is 4.42 Å². The SMILES string of the molecule is c1ccc(-c2ccc(N(c3ccc(-c4ccccc4)cc3)c3cccc4oc5c(-c6ccc7c8ccccc8n(-c8ccccc8)c7c6)cc6ccccc6c5c34)cc2)cc1. The molecule has 0 spiro atoms. The van der Waals surface area contributed by atoms with Crippen molar-refractivity contribution in [3.8, 4) is 39.1 Å². The average molecular weight is 779 g/mol. The molecule has 12 aromatic rings. The fourth-order valence-electron chi connectivity index (χ4n) is 9.34. The van der Waals surface area contributed by atoms with Crippen LogP contribution in [-0.2, 0) is 0 Å². The summed E-state index contributed by atoms with van der Waals surface area (Å²) in [7, 11) is 0. The number of anilines is 3. The van der Waals surface area contributed by atoms with Gasteiger partial charge in [-0.3, -0.25) is 0 Å². The van der Waals surface area contributed by atoms with E-state index in [0.717, 1.165) is 72.1 Å². The van der Waals surface area contributed by atoms with Crippen LogP contribution in [0.15, 0.2) is 235 Å². The van der Waals surface area contributed by atoms with Gasteiger partial charge >= 0.3 is 0 Å². The van der Waals surface area contributed by atoms with Crippen LogP contribution in [0.2, 0.25) is 0 Å². The van der Waals surface area contributed by atoms with Gasteiger partial charge < -0.3 is 13.9 Å². The number of benzene rings is 10. The Labute approximate surface area is 353 Å². The molecule has 0 aliphatic heterocycles. The molecule has 3 heteroatoms. The van der Waals surface area contributed by atoms with Crippen LogP contribution < -0.4 is 4.90 Å². The summed E-state index contributed by atoms with van der Waals surface area (Å²) in [4.78, 5) is 2.38. The highest BCUT2D eigenvalue weighted by Gasteiger charge is 2.24. The third-order valence-electron chi connectivity index (χ3n) is 12.2. The predicted octanol–water partition coefficient (Wildman–Crippen LogP) is 16.3. The summed E-state index contributed by atoms with van der Waals surface area (Å²) in [5, 5.41) is 6.96. The van der Waals surface area contributed by atoms with E-state index in [1.165, 1.54) is 38.5 Å². The van der Waals surface area contributed by atoms with Crippen molar-refractivity contribution in [2.75, 3.05) is 4.90 Å². The Hall–Kier alpha value is -8.14. The average Bonchev–Trinajstić information content (AvgIpc) is 3.90. The fraction of sp³-hybridized carbons (Fsp3) is 0. The van der Waals surface area contributed by atoms with Crippen molar-refractivity contribution in [3.63, 3.8) is 0 Å². The summed E-state index contributed by atoms with van der Waals surface area (Å²) in [6, 6.07) is 82.7. The lowest BCUT2D eigenvalue weighted by Crippen LogP contribution is -2.10. The molecule has 0 fully saturated rings. The molecule has 2 aromatic heterocycles. The number of hydrogen-bond donors (Lipinski definition) is 0. The number of aromatic nitrogens is 1. The Morgan fingerprint density at radius 3 is 1.57 bits per heavy atom. The Morgan fingerprint density at radius 2 is 0.902 bits per heavy atom. The first-order valence-corrected chi connectivity index (χ1v) is 20.8. The van der Waals surface area contributed by atoms with Crippen LogP contribution in [0, 0.1) is 0 Å². The number of rotatable bonds is 7. The first-order valence-electron chi connectivity index (χ1n) is 20.8. The van der Waals surface area contributed by atoms with Crippen LogP contribution in [-0.4, -0.2) is 4.57 Å². The molecule has 61 heavy (non-hydrogen) atoms. The van der Waals surface area contributed by atoms with Crippen molar-refractivity contribution in [2.45, 2.75) is 0 Å². The molecule has 0 unspecified atom stereocenters. The lowest BCUT2D eigenvalue weighted by Gasteiger charge is -2.27. The number of para-hydroxylation sites is 2. The summed E-state index contributed by atoms with van der Waals surface area (Å²) >= 11 is 0. The Balaban J connectivity index is 1.10. The first-order chi connectivity index (χ1) is 30.3. The van der Waals surface area contributed by atoms with Crippen LogP contribution in [0.3, 0.4) is 0 Å². The van der Waals surface area contributed by atoms with E-state index in [9.17, 15) is 0 Å². The van der Waals surface area contributed by atoms with E-state index in [2.05, 4.69) is 240 Å². The second-order valence-corrected chi connectivity index (χ2v) is 15.7. The lowest BCUT2D eigenvalue weighted by molar-refractivity contribution is 0.670. The summed E-state index contributed by atoms with van der Waals surface area (Å²) in [6.45, 7) is 0. The maximum absolute atomic E-state index is 7.11. The molecule has 3 nitrogen and oxygen atoms in total. The zero-order valence-corrected chi connectivity index (χ0v) is 33.2. The number of hydrogen-bond acceptors (Lipinski definition) is 2. The van der Waals surface area contributed by atoms with Crippen molar-refractivity contribution < 1.29 is 4.42 Å². The minimum Gasteiger partial charge on any atom is -0.455 e. The Kier molecular flexibility index (Phi) is 8.17. The zero-order valence-electron chi connectivity index (χ0n) is 33.2. The largest absolute Gasteiger partial charge is 0.455 e. The first kappa shape index (κ1) is 34.9. The molecule has 0 N–H and O–H groups in total. The highest BCUT2D eigenvalue weighted by molar-refractivity contribution is 6.26. The van der Waals surface area contributed by atoms with Gasteiger partial charge in [-0.05, 0) is 105 Å². The van der Waals surface area contributed by atoms with E-state index in [1.54, 1.807) is 0 Å². The van der Waals surface area contributed by atoms with Gasteiger partial charge in [-0.15, -0.1) is 0 Å². The molecule has 0 aliphatic rings. The molecule has 0 saturated heterocycles. The van der Waals surface area contributed by atoms with Gasteiger partial charge in [0.2, 0.25) is 0 Å². The van der Waals surface area contributed by atoms with E-state index >= 15 is 0 Å². The molecule has 2 heterocycles. The van der Waals surface area contributed by atoms with Crippen LogP contribution in [0.4, 0.5) is 17.1 Å². The highest BCUT2D eigenvalue weighted by atomic mass is 16.3. The van der Waals surface area contributed by atoms with Crippen LogP contribution in [0.1, 0.15) is 0 Å². The van der Waals surface area contributed by atoms with Gasteiger partial charge in [0.25, 0.3) is 0 Å². The van der Waals surface area contributed by atoms with Crippen molar-refractivity contribution in [2.24, 2.45) is 0 Å². The predicted molar refractivity (Wildman–Crippen MR) is 257 cm³/mol. The molecule has 12 rings (SSSR count). The molecule has 10 aromatic carbocycles.